The van der Waals surface area contributed by atoms with Crippen molar-refractivity contribution in [1.82, 2.24) is 4.57 Å². The summed E-state index contributed by atoms with van der Waals surface area (Å²) in [4.78, 5) is 0. The molecule has 0 saturated carbocycles. The van der Waals surface area contributed by atoms with E-state index in [1.165, 1.54) is 0 Å². The lowest BCUT2D eigenvalue weighted by Crippen LogP contribution is -2.56. The van der Waals surface area contributed by atoms with E-state index in [0.29, 0.717) is 13.0 Å². The van der Waals surface area contributed by atoms with Crippen molar-refractivity contribution in [2.75, 3.05) is 19.8 Å². The minimum atomic E-state index is -1.43. The lowest BCUT2D eigenvalue weighted by atomic mass is 9.98. The molecule has 34 heavy (non-hydrogen) atoms. The van der Waals surface area contributed by atoms with Crippen LogP contribution in [0.3, 0.4) is 0 Å². The summed E-state index contributed by atoms with van der Waals surface area (Å²) in [6.07, 6.45) is -2.52. The molecule has 0 amide bonds. The van der Waals surface area contributed by atoms with E-state index >= 15 is 0 Å². The predicted octanol–water partition coefficient (Wildman–Crippen LogP) is 1.68. The highest BCUT2D eigenvalue weighted by atomic mass is 16.6. The summed E-state index contributed by atoms with van der Waals surface area (Å²) in [6, 6.07) is 14.1. The van der Waals surface area contributed by atoms with E-state index in [0.717, 1.165) is 46.4 Å². The summed E-state index contributed by atoms with van der Waals surface area (Å²) < 4.78 is 19.0. The van der Waals surface area contributed by atoms with E-state index in [1.54, 1.807) is 4.57 Å². The fourth-order valence-electron chi connectivity index (χ4n) is 4.80. The van der Waals surface area contributed by atoms with Crippen molar-refractivity contribution in [1.29, 1.82) is 0 Å². The topological polar surface area (TPSA) is 114 Å². The van der Waals surface area contributed by atoms with Crippen molar-refractivity contribution < 1.29 is 34.6 Å². The quantitative estimate of drug-likeness (QED) is 0.434. The molecule has 0 aliphatic carbocycles. The van der Waals surface area contributed by atoms with E-state index < -0.39 is 37.3 Å². The summed E-state index contributed by atoms with van der Waals surface area (Å²) >= 11 is 0. The van der Waals surface area contributed by atoms with Crippen LogP contribution in [-0.4, -0.2) is 75.3 Å². The van der Waals surface area contributed by atoms with Crippen LogP contribution in [0.25, 0.3) is 10.9 Å². The molecule has 2 aromatic carbocycles. The van der Waals surface area contributed by atoms with Crippen LogP contribution in [0.15, 0.2) is 48.7 Å². The second kappa shape index (κ2) is 9.65. The normalized spacial score (nSPS) is 29.6. The largest absolute Gasteiger partial charge is 0.488 e. The molecule has 1 aromatic heterocycles. The first-order valence-electron chi connectivity index (χ1n) is 11.7. The van der Waals surface area contributed by atoms with Gasteiger partial charge in [-0.3, -0.25) is 0 Å². The molecule has 6 atom stereocenters. The zero-order valence-electron chi connectivity index (χ0n) is 19.1. The number of rotatable bonds is 6. The van der Waals surface area contributed by atoms with E-state index in [4.69, 9.17) is 14.2 Å². The third-order valence-electron chi connectivity index (χ3n) is 6.72. The molecule has 0 spiro atoms. The fraction of sp³-hybridized carbons (Fsp3) is 0.462. The molecule has 8 nitrogen and oxygen atoms in total. The standard InChI is InChI=1S/C26H31NO7/c1-15-2-7-20-17(11-16-3-5-18(6-4-16)33-19-8-9-32-14-19)12-27(21(20)10-15)26-25(31)24(30)23(29)22(13-28)34-26/h2-7,10,12,19,22-26,28-31H,8-9,11,13-14H2,1H3/t19?,22-,23-,24+,25-,26-/m1/s1. The number of aryl methyl sites for hydroxylation is 1. The molecule has 5 rings (SSSR count). The van der Waals surface area contributed by atoms with Crippen LogP contribution in [-0.2, 0) is 15.9 Å². The minimum Gasteiger partial charge on any atom is -0.488 e. The molecule has 2 saturated heterocycles. The Kier molecular flexibility index (Phi) is 6.61. The summed E-state index contributed by atoms with van der Waals surface area (Å²) in [7, 11) is 0. The van der Waals surface area contributed by atoms with Crippen LogP contribution in [0.1, 0.15) is 29.3 Å². The highest BCUT2D eigenvalue weighted by molar-refractivity contribution is 5.85. The number of aliphatic hydroxyl groups is 4. The number of benzene rings is 2. The number of ether oxygens (including phenoxy) is 3. The predicted molar refractivity (Wildman–Crippen MR) is 125 cm³/mol. The summed E-state index contributed by atoms with van der Waals surface area (Å²) in [5.74, 6) is 0.818. The van der Waals surface area contributed by atoms with Crippen LogP contribution in [0, 0.1) is 6.92 Å². The van der Waals surface area contributed by atoms with Crippen molar-refractivity contribution in [3.05, 3.63) is 65.4 Å². The molecule has 8 heteroatoms. The van der Waals surface area contributed by atoms with Gasteiger partial charge in [0.2, 0.25) is 0 Å². The molecule has 3 aromatic rings. The van der Waals surface area contributed by atoms with Gasteiger partial charge in [-0.05, 0) is 48.2 Å². The van der Waals surface area contributed by atoms with Crippen molar-refractivity contribution >= 4 is 10.9 Å². The minimum absolute atomic E-state index is 0.102. The van der Waals surface area contributed by atoms with Crippen molar-refractivity contribution in [2.45, 2.75) is 56.5 Å². The maximum absolute atomic E-state index is 10.7. The van der Waals surface area contributed by atoms with E-state index in [1.807, 2.05) is 55.6 Å². The van der Waals surface area contributed by atoms with Gasteiger partial charge >= 0.3 is 0 Å². The van der Waals surface area contributed by atoms with Crippen molar-refractivity contribution in [3.8, 4) is 5.75 Å². The average molecular weight is 470 g/mol. The van der Waals surface area contributed by atoms with Gasteiger partial charge in [-0.1, -0.05) is 24.3 Å². The number of nitrogens with zero attached hydrogens (tertiary/aromatic N) is 1. The van der Waals surface area contributed by atoms with Crippen LogP contribution in [0.5, 0.6) is 5.75 Å². The van der Waals surface area contributed by atoms with E-state index in [9.17, 15) is 20.4 Å². The third-order valence-corrected chi connectivity index (χ3v) is 6.72. The Balaban J connectivity index is 1.43. The fourth-order valence-corrected chi connectivity index (χ4v) is 4.80. The molecule has 1 unspecified atom stereocenters. The van der Waals surface area contributed by atoms with Gasteiger partial charge in [0.05, 0.1) is 25.3 Å². The smallest absolute Gasteiger partial charge is 0.163 e. The Morgan fingerprint density at radius 3 is 2.53 bits per heavy atom. The first-order chi connectivity index (χ1) is 16.4. The molecule has 4 N–H and O–H groups in total. The Hall–Kier alpha value is -2.46. The first-order valence-corrected chi connectivity index (χ1v) is 11.7. The van der Waals surface area contributed by atoms with Gasteiger partial charge in [-0.2, -0.15) is 0 Å². The molecular weight excluding hydrogens is 438 g/mol. The zero-order valence-corrected chi connectivity index (χ0v) is 19.1. The Morgan fingerprint density at radius 2 is 1.82 bits per heavy atom. The van der Waals surface area contributed by atoms with Crippen molar-refractivity contribution in [3.63, 3.8) is 0 Å². The van der Waals surface area contributed by atoms with Gasteiger partial charge in [-0.15, -0.1) is 0 Å². The maximum atomic E-state index is 10.7. The summed E-state index contributed by atoms with van der Waals surface area (Å²) in [6.45, 7) is 2.88. The summed E-state index contributed by atoms with van der Waals surface area (Å²) in [5.41, 5.74) is 4.02. The van der Waals surface area contributed by atoms with E-state index in [-0.39, 0.29) is 6.10 Å². The van der Waals surface area contributed by atoms with Gasteiger partial charge in [0, 0.05) is 18.0 Å². The second-order valence-corrected chi connectivity index (χ2v) is 9.23. The molecule has 0 bridgehead atoms. The summed E-state index contributed by atoms with van der Waals surface area (Å²) in [5, 5.41) is 41.8. The SMILES string of the molecule is Cc1ccc2c(Cc3ccc(OC4CCOC4)cc3)cn([C@@H]3O[C@H](CO)[C@@H](O)[C@H](O)[C@H]3O)c2c1. The van der Waals surface area contributed by atoms with Crippen LogP contribution < -0.4 is 4.74 Å². The average Bonchev–Trinajstić information content (AvgIpc) is 3.47. The Morgan fingerprint density at radius 1 is 1.03 bits per heavy atom. The van der Waals surface area contributed by atoms with Gasteiger partial charge in [-0.25, -0.2) is 0 Å². The van der Waals surface area contributed by atoms with Gasteiger partial charge in [0.1, 0.15) is 36.3 Å². The number of hydrogen-bond donors (Lipinski definition) is 4. The monoisotopic (exact) mass is 469 g/mol. The molecule has 0 radical (unpaired) electrons. The lowest BCUT2D eigenvalue weighted by molar-refractivity contribution is -0.250. The number of hydrogen-bond acceptors (Lipinski definition) is 7. The number of fused-ring (bicyclic) bond motifs is 1. The second-order valence-electron chi connectivity index (χ2n) is 9.23. The molecule has 182 valence electrons. The molecule has 2 fully saturated rings. The van der Waals surface area contributed by atoms with Gasteiger partial charge in [0.25, 0.3) is 0 Å². The molecular formula is C26H31NO7. The maximum Gasteiger partial charge on any atom is 0.163 e. The lowest BCUT2D eigenvalue weighted by Gasteiger charge is -2.40. The molecule has 3 heterocycles. The third kappa shape index (κ3) is 4.45. The van der Waals surface area contributed by atoms with Crippen LogP contribution in [0.4, 0.5) is 0 Å². The Bertz CT molecular complexity index is 1120. The first kappa shape index (κ1) is 23.3. The molecule has 2 aliphatic rings. The number of aliphatic hydroxyl groups excluding tert-OH is 4. The highest BCUT2D eigenvalue weighted by Crippen LogP contribution is 2.34. The van der Waals surface area contributed by atoms with Gasteiger partial charge < -0.3 is 39.2 Å². The molecule has 2 aliphatic heterocycles. The van der Waals surface area contributed by atoms with E-state index in [2.05, 4.69) is 0 Å². The van der Waals surface area contributed by atoms with Crippen molar-refractivity contribution in [2.24, 2.45) is 0 Å². The highest BCUT2D eigenvalue weighted by Gasteiger charge is 2.44. The van der Waals surface area contributed by atoms with Crippen LogP contribution >= 0.6 is 0 Å². The zero-order chi connectivity index (χ0) is 23.8. The Labute approximate surface area is 197 Å². The number of aromatic nitrogens is 1. The van der Waals surface area contributed by atoms with Gasteiger partial charge in [0.15, 0.2) is 6.23 Å². The van der Waals surface area contributed by atoms with Crippen LogP contribution in [0.2, 0.25) is 0 Å².